The van der Waals surface area contributed by atoms with Crippen LogP contribution in [0.3, 0.4) is 0 Å². The number of rotatable bonds is 5. The molecule has 0 saturated carbocycles. The molecule has 0 unspecified atom stereocenters. The Morgan fingerprint density at radius 3 is 2.65 bits per heavy atom. The minimum atomic E-state index is -1.03. The van der Waals surface area contributed by atoms with Gasteiger partial charge in [-0.3, -0.25) is 0 Å². The van der Waals surface area contributed by atoms with Gasteiger partial charge in [-0.25, -0.2) is 9.59 Å². The van der Waals surface area contributed by atoms with Gasteiger partial charge in [0.25, 0.3) is 0 Å². The van der Waals surface area contributed by atoms with Gasteiger partial charge >= 0.3 is 12.1 Å². The number of nitrogens with one attached hydrogen (secondary N) is 1. The number of hydrogen-bond donors (Lipinski definition) is 2. The molecule has 0 aliphatic carbocycles. The van der Waals surface area contributed by atoms with Crippen molar-refractivity contribution in [2.75, 3.05) is 19.7 Å². The third kappa shape index (κ3) is 4.25. The molecule has 0 bridgehead atoms. The Morgan fingerprint density at radius 1 is 1.35 bits per heavy atom. The molecule has 1 aromatic rings. The summed E-state index contributed by atoms with van der Waals surface area (Å²) in [6.07, 6.45) is -0.556. The van der Waals surface area contributed by atoms with E-state index < -0.39 is 12.1 Å². The monoisotopic (exact) mass is 318 g/mol. The SMILES string of the molecule is CCOC(=O)C1=C(N[C@@H](C)c2ccccc2)CCN(C(=O)O)C1. The number of carbonyl (C=O) groups is 2. The third-order valence-corrected chi connectivity index (χ3v) is 3.83. The zero-order chi connectivity index (χ0) is 16.8. The van der Waals surface area contributed by atoms with Crippen LogP contribution in [0.4, 0.5) is 4.79 Å². The number of ether oxygens (including phenoxy) is 1. The van der Waals surface area contributed by atoms with Gasteiger partial charge in [-0.2, -0.15) is 0 Å². The van der Waals surface area contributed by atoms with E-state index in [0.29, 0.717) is 18.5 Å². The molecule has 1 amide bonds. The number of nitrogens with zero attached hydrogens (tertiary/aromatic N) is 1. The lowest BCUT2D eigenvalue weighted by Gasteiger charge is -2.30. The fourth-order valence-corrected chi connectivity index (χ4v) is 2.58. The molecule has 1 aromatic carbocycles. The van der Waals surface area contributed by atoms with Crippen LogP contribution in [0.5, 0.6) is 0 Å². The normalized spacial score (nSPS) is 16.0. The van der Waals surface area contributed by atoms with Crippen LogP contribution < -0.4 is 5.32 Å². The average Bonchev–Trinajstić information content (AvgIpc) is 2.56. The van der Waals surface area contributed by atoms with Crippen molar-refractivity contribution in [2.24, 2.45) is 0 Å². The van der Waals surface area contributed by atoms with Gasteiger partial charge in [0, 0.05) is 24.7 Å². The molecule has 6 heteroatoms. The van der Waals surface area contributed by atoms with E-state index in [0.717, 1.165) is 11.3 Å². The highest BCUT2D eigenvalue weighted by Gasteiger charge is 2.28. The third-order valence-electron chi connectivity index (χ3n) is 3.83. The summed E-state index contributed by atoms with van der Waals surface area (Å²) in [5.41, 5.74) is 2.25. The molecule has 0 saturated heterocycles. The van der Waals surface area contributed by atoms with Gasteiger partial charge in [-0.15, -0.1) is 0 Å². The Labute approximate surface area is 135 Å². The number of amides is 1. The van der Waals surface area contributed by atoms with Gasteiger partial charge in [0.05, 0.1) is 18.7 Å². The summed E-state index contributed by atoms with van der Waals surface area (Å²) in [7, 11) is 0. The van der Waals surface area contributed by atoms with E-state index in [1.54, 1.807) is 6.92 Å². The predicted octanol–water partition coefficient (Wildman–Crippen LogP) is 2.54. The van der Waals surface area contributed by atoms with E-state index in [-0.39, 0.29) is 19.2 Å². The molecular weight excluding hydrogens is 296 g/mol. The molecule has 6 nitrogen and oxygen atoms in total. The second-order valence-corrected chi connectivity index (χ2v) is 5.41. The van der Waals surface area contributed by atoms with Crippen molar-refractivity contribution in [1.82, 2.24) is 10.2 Å². The van der Waals surface area contributed by atoms with Crippen molar-refractivity contribution in [3.8, 4) is 0 Å². The quantitative estimate of drug-likeness (QED) is 0.816. The van der Waals surface area contributed by atoms with Crippen LogP contribution in [-0.2, 0) is 9.53 Å². The molecule has 1 heterocycles. The molecule has 0 aromatic heterocycles. The molecule has 2 N–H and O–H groups in total. The molecule has 0 fully saturated rings. The number of hydrogen-bond acceptors (Lipinski definition) is 4. The van der Waals surface area contributed by atoms with Gasteiger partial charge in [0.15, 0.2) is 0 Å². The number of esters is 1. The van der Waals surface area contributed by atoms with Crippen molar-refractivity contribution in [2.45, 2.75) is 26.3 Å². The second kappa shape index (κ2) is 7.67. The van der Waals surface area contributed by atoms with Crippen LogP contribution in [0, 0.1) is 0 Å². The van der Waals surface area contributed by atoms with Crippen molar-refractivity contribution in [3.63, 3.8) is 0 Å². The largest absolute Gasteiger partial charge is 0.465 e. The lowest BCUT2D eigenvalue weighted by atomic mass is 10.0. The summed E-state index contributed by atoms with van der Waals surface area (Å²) in [4.78, 5) is 24.5. The maximum absolute atomic E-state index is 12.2. The molecule has 124 valence electrons. The highest BCUT2D eigenvalue weighted by atomic mass is 16.5. The van der Waals surface area contributed by atoms with Crippen molar-refractivity contribution < 1.29 is 19.4 Å². The molecule has 0 radical (unpaired) electrons. The maximum atomic E-state index is 12.2. The first kappa shape index (κ1) is 16.9. The summed E-state index contributed by atoms with van der Waals surface area (Å²) in [6.45, 7) is 4.42. The topological polar surface area (TPSA) is 78.9 Å². The van der Waals surface area contributed by atoms with Crippen LogP contribution in [0.15, 0.2) is 41.6 Å². The fourth-order valence-electron chi connectivity index (χ4n) is 2.58. The zero-order valence-corrected chi connectivity index (χ0v) is 13.4. The molecular formula is C17H22N2O4. The summed E-state index contributed by atoms with van der Waals surface area (Å²) in [5, 5.41) is 12.5. The van der Waals surface area contributed by atoms with Crippen LogP contribution in [0.1, 0.15) is 31.9 Å². The highest BCUT2D eigenvalue weighted by Crippen LogP contribution is 2.21. The van der Waals surface area contributed by atoms with Crippen molar-refractivity contribution in [1.29, 1.82) is 0 Å². The number of carboxylic acid groups (broad SMARTS) is 1. The predicted molar refractivity (Wildman–Crippen MR) is 85.9 cm³/mol. The first-order valence-corrected chi connectivity index (χ1v) is 7.71. The summed E-state index contributed by atoms with van der Waals surface area (Å²) in [6, 6.07) is 9.91. The summed E-state index contributed by atoms with van der Waals surface area (Å²) < 4.78 is 5.07. The van der Waals surface area contributed by atoms with Crippen LogP contribution >= 0.6 is 0 Å². The van der Waals surface area contributed by atoms with Gasteiger partial charge in [0.2, 0.25) is 0 Å². The minimum absolute atomic E-state index is 0.0204. The van der Waals surface area contributed by atoms with E-state index in [2.05, 4.69) is 5.32 Å². The van der Waals surface area contributed by atoms with E-state index in [9.17, 15) is 9.59 Å². The zero-order valence-electron chi connectivity index (χ0n) is 13.4. The lowest BCUT2D eigenvalue weighted by molar-refractivity contribution is -0.139. The van der Waals surface area contributed by atoms with Gasteiger partial charge < -0.3 is 20.1 Å². The molecule has 1 atom stereocenters. The van der Waals surface area contributed by atoms with Crippen LogP contribution in [-0.4, -0.2) is 41.8 Å². The van der Waals surface area contributed by atoms with E-state index in [4.69, 9.17) is 9.84 Å². The number of carbonyl (C=O) groups excluding carboxylic acids is 1. The fraction of sp³-hybridized carbons (Fsp3) is 0.412. The molecule has 1 aliphatic heterocycles. The molecule has 0 spiro atoms. The van der Waals surface area contributed by atoms with Gasteiger partial charge in [-0.05, 0) is 19.4 Å². The summed E-state index contributed by atoms with van der Waals surface area (Å²) in [5.74, 6) is -0.457. The smallest absolute Gasteiger partial charge is 0.407 e. The van der Waals surface area contributed by atoms with Crippen molar-refractivity contribution >= 4 is 12.1 Å². The summed E-state index contributed by atoms with van der Waals surface area (Å²) >= 11 is 0. The first-order valence-electron chi connectivity index (χ1n) is 7.71. The molecule has 2 rings (SSSR count). The van der Waals surface area contributed by atoms with Gasteiger partial charge in [0.1, 0.15) is 0 Å². The van der Waals surface area contributed by atoms with E-state index in [1.165, 1.54) is 4.90 Å². The van der Waals surface area contributed by atoms with E-state index in [1.807, 2.05) is 37.3 Å². The lowest BCUT2D eigenvalue weighted by Crippen LogP contribution is -2.41. The Morgan fingerprint density at radius 2 is 2.04 bits per heavy atom. The Balaban J connectivity index is 2.21. The highest BCUT2D eigenvalue weighted by molar-refractivity contribution is 5.90. The van der Waals surface area contributed by atoms with E-state index >= 15 is 0 Å². The first-order chi connectivity index (χ1) is 11.0. The van der Waals surface area contributed by atoms with Crippen molar-refractivity contribution in [3.05, 3.63) is 47.2 Å². The van der Waals surface area contributed by atoms with Gasteiger partial charge in [-0.1, -0.05) is 30.3 Å². The van der Waals surface area contributed by atoms with Crippen LogP contribution in [0.2, 0.25) is 0 Å². The Bertz CT molecular complexity index is 598. The maximum Gasteiger partial charge on any atom is 0.407 e. The minimum Gasteiger partial charge on any atom is -0.465 e. The molecule has 23 heavy (non-hydrogen) atoms. The molecule has 1 aliphatic rings. The standard InChI is InChI=1S/C17H22N2O4/c1-3-23-16(20)14-11-19(17(21)22)10-9-15(14)18-12(2)13-7-5-4-6-8-13/h4-8,12,18H,3,9-11H2,1-2H3,(H,21,22)/t12-/m0/s1. The second-order valence-electron chi connectivity index (χ2n) is 5.41. The average molecular weight is 318 g/mol. The van der Waals surface area contributed by atoms with Crippen LogP contribution in [0.25, 0.3) is 0 Å². The Hall–Kier alpha value is -2.50. The number of benzene rings is 1. The Kier molecular flexibility index (Phi) is 5.62.